The average molecular weight is 458 g/mol. The number of pyridine rings is 2. The lowest BCUT2D eigenvalue weighted by Crippen LogP contribution is -2.20. The van der Waals surface area contributed by atoms with E-state index in [-0.39, 0.29) is 5.56 Å². The molecule has 3 heterocycles. The summed E-state index contributed by atoms with van der Waals surface area (Å²) in [7, 11) is 1.82. The summed E-state index contributed by atoms with van der Waals surface area (Å²) in [5.74, 6) is 1.18. The highest BCUT2D eigenvalue weighted by atomic mass is 16.5. The molecular weight excluding hydrogens is 422 g/mol. The van der Waals surface area contributed by atoms with Crippen LogP contribution in [0.4, 0.5) is 11.5 Å². The lowest BCUT2D eigenvalue weighted by Gasteiger charge is -2.22. The van der Waals surface area contributed by atoms with E-state index in [2.05, 4.69) is 61.4 Å². The van der Waals surface area contributed by atoms with Gasteiger partial charge in [0.05, 0.1) is 5.52 Å². The molecule has 3 aromatic rings. The maximum absolute atomic E-state index is 13.1. The van der Waals surface area contributed by atoms with Gasteiger partial charge in [-0.2, -0.15) is 0 Å². The number of allylic oxidation sites excluding steroid dienone is 4. The molecule has 178 valence electrons. The van der Waals surface area contributed by atoms with Crippen molar-refractivity contribution in [2.45, 2.75) is 52.4 Å². The number of hydrogen-bond acceptors (Lipinski definition) is 4. The summed E-state index contributed by atoms with van der Waals surface area (Å²) in [6.45, 7) is 8.13. The first-order chi connectivity index (χ1) is 16.5. The molecule has 1 fully saturated rings. The van der Waals surface area contributed by atoms with Gasteiger partial charge in [0.25, 0.3) is 5.56 Å². The minimum atomic E-state index is -0.0676. The molecule has 0 unspecified atom stereocenters. The van der Waals surface area contributed by atoms with Gasteiger partial charge >= 0.3 is 0 Å². The SMILES string of the molecule is CC/C=C\C(=C(/C)CC)c1ccc2c(c1)cc(Nc1ccc(C3CCOCC3)cn1)c(=O)n2C. The van der Waals surface area contributed by atoms with Gasteiger partial charge in [-0.3, -0.25) is 4.79 Å². The third-order valence-electron chi connectivity index (χ3n) is 6.79. The monoisotopic (exact) mass is 457 g/mol. The van der Waals surface area contributed by atoms with Gasteiger partial charge in [0, 0.05) is 31.8 Å². The molecule has 0 amide bonds. The number of aryl methyl sites for hydroxylation is 1. The number of nitrogens with one attached hydrogen (secondary N) is 1. The fourth-order valence-corrected chi connectivity index (χ4v) is 4.54. The number of nitrogens with zero attached hydrogens (tertiary/aromatic N) is 2. The second-order valence-corrected chi connectivity index (χ2v) is 9.04. The highest BCUT2D eigenvalue weighted by Crippen LogP contribution is 2.29. The van der Waals surface area contributed by atoms with Crippen molar-refractivity contribution in [1.82, 2.24) is 9.55 Å². The van der Waals surface area contributed by atoms with E-state index in [0.717, 1.165) is 49.8 Å². The number of aromatic nitrogens is 2. The van der Waals surface area contributed by atoms with Crippen LogP contribution >= 0.6 is 0 Å². The van der Waals surface area contributed by atoms with E-state index in [9.17, 15) is 4.79 Å². The highest BCUT2D eigenvalue weighted by molar-refractivity contribution is 5.88. The molecule has 1 saturated heterocycles. The van der Waals surface area contributed by atoms with Crippen LogP contribution < -0.4 is 10.9 Å². The quantitative estimate of drug-likeness (QED) is 0.400. The van der Waals surface area contributed by atoms with E-state index in [1.54, 1.807) is 4.57 Å². The van der Waals surface area contributed by atoms with Crippen LogP contribution in [0.25, 0.3) is 16.5 Å². The molecule has 0 aliphatic carbocycles. The molecule has 5 heteroatoms. The third kappa shape index (κ3) is 5.15. The maximum Gasteiger partial charge on any atom is 0.274 e. The lowest BCUT2D eigenvalue weighted by molar-refractivity contribution is 0.0853. The van der Waals surface area contributed by atoms with Crippen molar-refractivity contribution in [3.63, 3.8) is 0 Å². The van der Waals surface area contributed by atoms with Crippen LogP contribution in [0, 0.1) is 0 Å². The van der Waals surface area contributed by atoms with Gasteiger partial charge in [-0.15, -0.1) is 0 Å². The first kappa shape index (κ1) is 24.0. The molecule has 1 aliphatic heterocycles. The summed E-state index contributed by atoms with van der Waals surface area (Å²) in [4.78, 5) is 17.7. The Morgan fingerprint density at radius 1 is 1.18 bits per heavy atom. The molecule has 4 rings (SSSR count). The number of benzene rings is 1. The van der Waals surface area contributed by atoms with E-state index in [1.165, 1.54) is 22.3 Å². The second kappa shape index (κ2) is 10.8. The Labute approximate surface area is 202 Å². The van der Waals surface area contributed by atoms with E-state index < -0.39 is 0 Å². The first-order valence-electron chi connectivity index (χ1n) is 12.3. The molecule has 34 heavy (non-hydrogen) atoms. The van der Waals surface area contributed by atoms with Crippen molar-refractivity contribution in [3.8, 4) is 0 Å². The van der Waals surface area contributed by atoms with E-state index in [1.807, 2.05) is 31.4 Å². The Hall–Kier alpha value is -3.18. The minimum absolute atomic E-state index is 0.0676. The van der Waals surface area contributed by atoms with Gasteiger partial charge in [-0.05, 0) is 79.5 Å². The van der Waals surface area contributed by atoms with Gasteiger partial charge < -0.3 is 14.6 Å². The summed E-state index contributed by atoms with van der Waals surface area (Å²) in [5, 5.41) is 4.28. The molecule has 0 spiro atoms. The Kier molecular flexibility index (Phi) is 7.63. The zero-order valence-electron chi connectivity index (χ0n) is 20.7. The van der Waals surface area contributed by atoms with Gasteiger partial charge in [-0.1, -0.05) is 43.7 Å². The Morgan fingerprint density at radius 3 is 2.65 bits per heavy atom. The zero-order valence-corrected chi connectivity index (χ0v) is 20.7. The van der Waals surface area contributed by atoms with Gasteiger partial charge in [-0.25, -0.2) is 4.98 Å². The fourth-order valence-electron chi connectivity index (χ4n) is 4.54. The van der Waals surface area contributed by atoms with Crippen LogP contribution in [0.5, 0.6) is 0 Å². The molecule has 5 nitrogen and oxygen atoms in total. The predicted octanol–water partition coefficient (Wildman–Crippen LogP) is 6.72. The Morgan fingerprint density at radius 2 is 1.97 bits per heavy atom. The molecule has 1 aromatic carbocycles. The van der Waals surface area contributed by atoms with Crippen LogP contribution in [-0.4, -0.2) is 22.8 Å². The second-order valence-electron chi connectivity index (χ2n) is 9.04. The minimum Gasteiger partial charge on any atom is -0.381 e. The molecule has 1 aliphatic rings. The summed E-state index contributed by atoms with van der Waals surface area (Å²) in [6.07, 6.45) is 10.4. The standard InChI is InChI=1S/C29H35N3O2/c1-5-7-8-25(20(3)6-2)22-9-11-27-24(17-22)18-26(29(33)32(27)4)31-28-12-10-23(19-30-28)21-13-15-34-16-14-21/h7-12,17-19,21H,5-6,13-16H2,1-4H3,(H,30,31)/b8-7-,25-20-. The van der Waals surface area contributed by atoms with Crippen LogP contribution in [-0.2, 0) is 11.8 Å². The number of fused-ring (bicyclic) bond motifs is 1. The van der Waals surface area contributed by atoms with Crippen LogP contribution in [0.2, 0.25) is 0 Å². The average Bonchev–Trinajstić information content (AvgIpc) is 2.88. The summed E-state index contributed by atoms with van der Waals surface area (Å²) in [5.41, 5.74) is 6.37. The third-order valence-corrected chi connectivity index (χ3v) is 6.79. The number of anilines is 2. The highest BCUT2D eigenvalue weighted by Gasteiger charge is 2.16. The van der Waals surface area contributed by atoms with Gasteiger partial charge in [0.2, 0.25) is 0 Å². The maximum atomic E-state index is 13.1. The van der Waals surface area contributed by atoms with Crippen LogP contribution in [0.15, 0.2) is 65.1 Å². The predicted molar refractivity (Wildman–Crippen MR) is 142 cm³/mol. The number of hydrogen-bond donors (Lipinski definition) is 1. The smallest absolute Gasteiger partial charge is 0.274 e. The molecule has 0 radical (unpaired) electrons. The largest absolute Gasteiger partial charge is 0.381 e. The van der Waals surface area contributed by atoms with Crippen LogP contribution in [0.1, 0.15) is 63.5 Å². The van der Waals surface area contributed by atoms with E-state index >= 15 is 0 Å². The van der Waals surface area contributed by atoms with E-state index in [4.69, 9.17) is 4.74 Å². The fraction of sp³-hybridized carbons (Fsp3) is 0.379. The molecule has 0 saturated carbocycles. The molecule has 2 aromatic heterocycles. The zero-order chi connectivity index (χ0) is 24.1. The van der Waals surface area contributed by atoms with Gasteiger partial charge in [0.1, 0.15) is 11.5 Å². The number of ether oxygens (including phenoxy) is 1. The summed E-state index contributed by atoms with van der Waals surface area (Å²) in [6, 6.07) is 12.3. The first-order valence-corrected chi connectivity index (χ1v) is 12.3. The van der Waals surface area contributed by atoms with Crippen molar-refractivity contribution in [3.05, 3.63) is 81.8 Å². The van der Waals surface area contributed by atoms with Crippen molar-refractivity contribution in [2.75, 3.05) is 18.5 Å². The lowest BCUT2D eigenvalue weighted by atomic mass is 9.93. The van der Waals surface area contributed by atoms with Crippen molar-refractivity contribution < 1.29 is 4.74 Å². The number of rotatable bonds is 7. The molecular formula is C29H35N3O2. The van der Waals surface area contributed by atoms with Gasteiger partial charge in [0.15, 0.2) is 0 Å². The van der Waals surface area contributed by atoms with Crippen LogP contribution in [0.3, 0.4) is 0 Å². The molecule has 1 N–H and O–H groups in total. The van der Waals surface area contributed by atoms with Crippen molar-refractivity contribution in [2.24, 2.45) is 7.05 Å². The molecule has 0 bridgehead atoms. The summed E-state index contributed by atoms with van der Waals surface area (Å²) >= 11 is 0. The Bertz CT molecular complexity index is 1260. The van der Waals surface area contributed by atoms with Crippen molar-refractivity contribution >= 4 is 28.0 Å². The summed E-state index contributed by atoms with van der Waals surface area (Å²) < 4.78 is 7.17. The Balaban J connectivity index is 1.67. The molecule has 0 atom stereocenters. The van der Waals surface area contributed by atoms with E-state index in [0.29, 0.717) is 17.4 Å². The topological polar surface area (TPSA) is 56.1 Å². The normalized spacial score (nSPS) is 15.6. The van der Waals surface area contributed by atoms with Crippen molar-refractivity contribution in [1.29, 1.82) is 0 Å².